The maximum Gasteiger partial charge on any atom is 0.238 e. The van der Waals surface area contributed by atoms with Crippen molar-refractivity contribution in [1.29, 1.82) is 0 Å². The van der Waals surface area contributed by atoms with E-state index in [9.17, 15) is 4.79 Å². The molecular weight excluding hydrogens is 380 g/mol. The molecule has 1 aliphatic rings. The molecule has 4 nitrogen and oxygen atoms in total. The Morgan fingerprint density at radius 2 is 1.91 bits per heavy atom. The maximum atomic E-state index is 12.2. The molecule has 0 radical (unpaired) electrons. The Kier molecular flexibility index (Phi) is 8.98. The van der Waals surface area contributed by atoms with Crippen LogP contribution in [0.5, 0.6) is 0 Å². The number of anilines is 1. The second-order valence-electron chi connectivity index (χ2n) is 5.54. The van der Waals surface area contributed by atoms with E-state index in [2.05, 4.69) is 15.5 Å². The van der Waals surface area contributed by atoms with Crippen LogP contribution in [0.15, 0.2) is 12.1 Å². The molecular formula is C15H21Cl4N3O. The number of nitrogens with zero attached hydrogens (tertiary/aromatic N) is 1. The molecule has 1 heterocycles. The Bertz CT molecular complexity index is 510. The van der Waals surface area contributed by atoms with Crippen LogP contribution in [0.2, 0.25) is 15.1 Å². The van der Waals surface area contributed by atoms with Crippen LogP contribution in [0.1, 0.15) is 19.3 Å². The molecule has 130 valence electrons. The second-order valence-corrected chi connectivity index (χ2v) is 6.79. The van der Waals surface area contributed by atoms with Crippen molar-refractivity contribution in [2.45, 2.75) is 25.3 Å². The van der Waals surface area contributed by atoms with Gasteiger partial charge < -0.3 is 10.6 Å². The van der Waals surface area contributed by atoms with Crippen molar-refractivity contribution in [3.63, 3.8) is 0 Å². The molecule has 1 saturated heterocycles. The smallest absolute Gasteiger partial charge is 0.238 e. The minimum Gasteiger partial charge on any atom is -0.322 e. The van der Waals surface area contributed by atoms with E-state index >= 15 is 0 Å². The van der Waals surface area contributed by atoms with E-state index in [1.165, 1.54) is 0 Å². The summed E-state index contributed by atoms with van der Waals surface area (Å²) in [7, 11) is 1.97. The van der Waals surface area contributed by atoms with Gasteiger partial charge in [-0.2, -0.15) is 0 Å². The summed E-state index contributed by atoms with van der Waals surface area (Å²) < 4.78 is 0. The van der Waals surface area contributed by atoms with E-state index in [4.69, 9.17) is 34.8 Å². The van der Waals surface area contributed by atoms with E-state index in [0.29, 0.717) is 33.3 Å². The van der Waals surface area contributed by atoms with Crippen molar-refractivity contribution < 1.29 is 4.79 Å². The van der Waals surface area contributed by atoms with Crippen molar-refractivity contribution in [1.82, 2.24) is 10.2 Å². The zero-order valence-electron chi connectivity index (χ0n) is 12.9. The molecule has 1 amide bonds. The number of carbonyl (C=O) groups excluding carboxylic acids is 1. The van der Waals surface area contributed by atoms with Gasteiger partial charge in [-0.1, -0.05) is 34.8 Å². The zero-order chi connectivity index (χ0) is 16.1. The van der Waals surface area contributed by atoms with Gasteiger partial charge in [0.1, 0.15) is 0 Å². The summed E-state index contributed by atoms with van der Waals surface area (Å²) in [6, 6.07) is 3.54. The number of nitrogens with one attached hydrogen (secondary N) is 2. The van der Waals surface area contributed by atoms with Crippen molar-refractivity contribution in [2.24, 2.45) is 0 Å². The van der Waals surface area contributed by atoms with Gasteiger partial charge in [-0.25, -0.2) is 0 Å². The number of hydrogen-bond donors (Lipinski definition) is 2. The van der Waals surface area contributed by atoms with E-state index in [-0.39, 0.29) is 18.3 Å². The van der Waals surface area contributed by atoms with Crippen LogP contribution < -0.4 is 10.6 Å². The predicted molar refractivity (Wildman–Crippen MR) is 100 cm³/mol. The van der Waals surface area contributed by atoms with Crippen LogP contribution in [0.25, 0.3) is 0 Å². The van der Waals surface area contributed by atoms with Gasteiger partial charge in [-0.05, 0) is 51.5 Å². The summed E-state index contributed by atoms with van der Waals surface area (Å²) >= 11 is 18.0. The molecule has 23 heavy (non-hydrogen) atoms. The highest BCUT2D eigenvalue weighted by Crippen LogP contribution is 2.33. The van der Waals surface area contributed by atoms with Crippen LogP contribution >= 0.6 is 47.2 Å². The molecule has 1 unspecified atom stereocenters. The first-order valence-corrected chi connectivity index (χ1v) is 8.46. The van der Waals surface area contributed by atoms with Crippen LogP contribution in [-0.2, 0) is 4.79 Å². The molecule has 2 N–H and O–H groups in total. The van der Waals surface area contributed by atoms with E-state index in [1.807, 2.05) is 7.05 Å². The van der Waals surface area contributed by atoms with Gasteiger partial charge in [0.25, 0.3) is 0 Å². The lowest BCUT2D eigenvalue weighted by Gasteiger charge is -2.26. The summed E-state index contributed by atoms with van der Waals surface area (Å²) in [6.45, 7) is 2.35. The number of rotatable bonds is 4. The van der Waals surface area contributed by atoms with E-state index in [0.717, 1.165) is 32.4 Å². The number of likely N-dealkylation sites (N-methyl/N-ethyl adjacent to an activating group) is 1. The molecule has 1 aromatic rings. The third-order valence-corrected chi connectivity index (χ3v) is 4.65. The summed E-state index contributed by atoms with van der Waals surface area (Å²) in [4.78, 5) is 14.3. The molecule has 1 fully saturated rings. The molecule has 0 spiro atoms. The topological polar surface area (TPSA) is 44.4 Å². The fourth-order valence-electron chi connectivity index (χ4n) is 2.64. The number of halogens is 4. The molecule has 2 rings (SSSR count). The fraction of sp³-hybridized carbons (Fsp3) is 0.533. The van der Waals surface area contributed by atoms with Crippen molar-refractivity contribution in [3.8, 4) is 0 Å². The quantitative estimate of drug-likeness (QED) is 0.800. The molecule has 0 aromatic heterocycles. The first-order valence-electron chi connectivity index (χ1n) is 7.32. The third kappa shape index (κ3) is 6.29. The van der Waals surface area contributed by atoms with Crippen LogP contribution in [0.4, 0.5) is 5.69 Å². The minimum atomic E-state index is -0.133. The molecule has 1 atom stereocenters. The maximum absolute atomic E-state index is 12.2. The highest BCUT2D eigenvalue weighted by Gasteiger charge is 2.19. The van der Waals surface area contributed by atoms with Gasteiger partial charge in [-0.3, -0.25) is 9.69 Å². The Morgan fingerprint density at radius 3 is 2.57 bits per heavy atom. The number of carbonyl (C=O) groups is 1. The van der Waals surface area contributed by atoms with Crippen molar-refractivity contribution >= 4 is 58.8 Å². The van der Waals surface area contributed by atoms with E-state index < -0.39 is 0 Å². The lowest BCUT2D eigenvalue weighted by Crippen LogP contribution is -2.38. The number of amides is 1. The molecule has 0 saturated carbocycles. The molecule has 1 aliphatic heterocycles. The molecule has 1 aromatic carbocycles. The molecule has 0 aliphatic carbocycles. The average Bonchev–Trinajstić information content (AvgIpc) is 2.71. The largest absolute Gasteiger partial charge is 0.322 e. The summed E-state index contributed by atoms with van der Waals surface area (Å²) in [6.07, 6.45) is 3.27. The highest BCUT2D eigenvalue weighted by atomic mass is 35.5. The average molecular weight is 401 g/mol. The molecule has 0 bridgehead atoms. The Labute approximate surface area is 158 Å². The lowest BCUT2D eigenvalue weighted by molar-refractivity contribution is -0.117. The fourth-order valence-corrected chi connectivity index (χ4v) is 3.55. The normalized spacial score (nSPS) is 18.2. The summed E-state index contributed by atoms with van der Waals surface area (Å²) in [5.74, 6) is -0.133. The van der Waals surface area contributed by atoms with Crippen molar-refractivity contribution in [3.05, 3.63) is 27.2 Å². The number of benzene rings is 1. The standard InChI is InChI=1S/C15H20Cl3N3O.ClH/c1-21(11-3-2-5-19-6-4-11)9-14(22)20-15-12(17)7-10(16)8-13(15)18;/h7-8,11,19H,2-6,9H2,1H3,(H,20,22);1H. The zero-order valence-corrected chi connectivity index (χ0v) is 16.0. The highest BCUT2D eigenvalue weighted by molar-refractivity contribution is 6.42. The Hall–Kier alpha value is -0.230. The Balaban J connectivity index is 0.00000264. The monoisotopic (exact) mass is 399 g/mol. The SMILES string of the molecule is CN(CC(=O)Nc1c(Cl)cc(Cl)cc1Cl)C1CCCNCC1.Cl. The van der Waals surface area contributed by atoms with Crippen LogP contribution in [0, 0.1) is 0 Å². The van der Waals surface area contributed by atoms with Crippen LogP contribution in [0.3, 0.4) is 0 Å². The first kappa shape index (κ1) is 20.8. The van der Waals surface area contributed by atoms with Gasteiger partial charge >= 0.3 is 0 Å². The minimum absolute atomic E-state index is 0. The predicted octanol–water partition coefficient (Wildman–Crippen LogP) is 4.08. The van der Waals surface area contributed by atoms with Gasteiger partial charge in [0.05, 0.1) is 22.3 Å². The van der Waals surface area contributed by atoms with Crippen molar-refractivity contribution in [2.75, 3.05) is 32.0 Å². The summed E-state index contributed by atoms with van der Waals surface area (Å²) in [5, 5.41) is 7.26. The number of hydrogen-bond acceptors (Lipinski definition) is 3. The summed E-state index contributed by atoms with van der Waals surface area (Å²) in [5.41, 5.74) is 0.411. The first-order chi connectivity index (χ1) is 10.5. The Morgan fingerprint density at radius 1 is 1.26 bits per heavy atom. The van der Waals surface area contributed by atoms with Gasteiger partial charge in [-0.15, -0.1) is 12.4 Å². The van der Waals surface area contributed by atoms with Gasteiger partial charge in [0.15, 0.2) is 0 Å². The molecule has 8 heteroatoms. The van der Waals surface area contributed by atoms with E-state index in [1.54, 1.807) is 12.1 Å². The van der Waals surface area contributed by atoms with Gasteiger partial charge in [0, 0.05) is 11.1 Å². The second kappa shape index (κ2) is 9.92. The van der Waals surface area contributed by atoms with Crippen LogP contribution in [-0.4, -0.2) is 43.5 Å². The lowest BCUT2D eigenvalue weighted by atomic mass is 10.1. The third-order valence-electron chi connectivity index (χ3n) is 3.83. The van der Waals surface area contributed by atoms with Gasteiger partial charge in [0.2, 0.25) is 5.91 Å².